The van der Waals surface area contributed by atoms with Crippen molar-refractivity contribution in [1.29, 1.82) is 0 Å². The summed E-state index contributed by atoms with van der Waals surface area (Å²) < 4.78 is 6.54. The molecule has 0 unspecified atom stereocenters. The van der Waals surface area contributed by atoms with E-state index in [0.29, 0.717) is 12.3 Å². The minimum absolute atomic E-state index is 0.0634. The monoisotopic (exact) mass is 350 g/mol. The summed E-state index contributed by atoms with van der Waals surface area (Å²) in [5.74, 6) is 0.697. The molecule has 0 radical (unpaired) electrons. The van der Waals surface area contributed by atoms with Crippen LogP contribution in [-0.4, -0.2) is 11.5 Å². The van der Waals surface area contributed by atoms with Gasteiger partial charge in [0.2, 0.25) is 0 Å². The average molecular weight is 351 g/mol. The first-order valence-corrected chi connectivity index (χ1v) is 7.24. The minimum Gasteiger partial charge on any atom is -0.488 e. The smallest absolute Gasteiger partial charge is 0.269 e. The second kappa shape index (κ2) is 7.19. The van der Waals surface area contributed by atoms with E-state index in [1.807, 2.05) is 18.2 Å². The number of nitrogens with zero attached hydrogens (tertiary/aromatic N) is 1. The molecule has 0 spiro atoms. The van der Waals surface area contributed by atoms with Crippen LogP contribution < -0.4 is 10.5 Å². The Labute approximate surface area is 131 Å². The van der Waals surface area contributed by atoms with Crippen LogP contribution in [0.3, 0.4) is 0 Å². The van der Waals surface area contributed by atoms with Gasteiger partial charge in [-0.25, -0.2) is 0 Å². The number of non-ortho nitro benzene ring substituents is 1. The normalized spacial score (nSPS) is 10.4. The number of rotatable bonds is 6. The standard InChI is InChI=1S/C15H15BrN2O3/c16-14-9-11(6-7-17)4-5-15(14)21-10-12-2-1-3-13(8-12)18(19)20/h1-5,8-9H,6-7,10,17H2. The Bertz CT molecular complexity index is 647. The molecule has 0 amide bonds. The van der Waals surface area contributed by atoms with E-state index >= 15 is 0 Å². The van der Waals surface area contributed by atoms with Gasteiger partial charge in [-0.3, -0.25) is 10.1 Å². The van der Waals surface area contributed by atoms with Gasteiger partial charge >= 0.3 is 0 Å². The third-order valence-corrected chi connectivity index (χ3v) is 3.56. The molecule has 21 heavy (non-hydrogen) atoms. The first-order chi connectivity index (χ1) is 10.1. The van der Waals surface area contributed by atoms with Crippen LogP contribution in [-0.2, 0) is 13.0 Å². The Morgan fingerprint density at radius 2 is 2.00 bits per heavy atom. The number of hydrogen-bond acceptors (Lipinski definition) is 4. The third-order valence-electron chi connectivity index (χ3n) is 2.95. The molecular formula is C15H15BrN2O3. The van der Waals surface area contributed by atoms with Gasteiger partial charge in [-0.05, 0) is 52.2 Å². The molecule has 2 aromatic rings. The second-order valence-corrected chi connectivity index (χ2v) is 5.37. The van der Waals surface area contributed by atoms with Gasteiger partial charge in [0.1, 0.15) is 12.4 Å². The Morgan fingerprint density at radius 1 is 1.19 bits per heavy atom. The second-order valence-electron chi connectivity index (χ2n) is 4.52. The molecule has 0 atom stereocenters. The molecule has 0 bridgehead atoms. The molecule has 2 N–H and O–H groups in total. The number of nitrogens with two attached hydrogens (primary N) is 1. The zero-order chi connectivity index (χ0) is 15.2. The Balaban J connectivity index is 2.06. The van der Waals surface area contributed by atoms with Crippen molar-refractivity contribution in [2.24, 2.45) is 5.73 Å². The average Bonchev–Trinajstić information content (AvgIpc) is 2.47. The number of nitro groups is 1. The molecule has 0 aromatic heterocycles. The fourth-order valence-corrected chi connectivity index (χ4v) is 2.45. The third kappa shape index (κ3) is 4.27. The van der Waals surface area contributed by atoms with Crippen molar-refractivity contribution < 1.29 is 9.66 Å². The maximum Gasteiger partial charge on any atom is 0.269 e. The van der Waals surface area contributed by atoms with E-state index in [-0.39, 0.29) is 12.3 Å². The minimum atomic E-state index is -0.416. The summed E-state index contributed by atoms with van der Waals surface area (Å²) in [5, 5.41) is 10.7. The molecule has 0 aliphatic carbocycles. The van der Waals surface area contributed by atoms with Gasteiger partial charge in [-0.2, -0.15) is 0 Å². The van der Waals surface area contributed by atoms with Crippen LogP contribution >= 0.6 is 15.9 Å². The molecule has 6 heteroatoms. The Hall–Kier alpha value is -1.92. The lowest BCUT2D eigenvalue weighted by Crippen LogP contribution is -2.03. The van der Waals surface area contributed by atoms with Crippen molar-refractivity contribution in [3.05, 3.63) is 68.2 Å². The summed E-state index contributed by atoms with van der Waals surface area (Å²) >= 11 is 3.45. The number of hydrogen-bond donors (Lipinski definition) is 1. The summed E-state index contributed by atoms with van der Waals surface area (Å²) in [5.41, 5.74) is 7.47. The van der Waals surface area contributed by atoms with E-state index in [1.165, 1.54) is 12.1 Å². The van der Waals surface area contributed by atoms with Crippen molar-refractivity contribution in [2.45, 2.75) is 13.0 Å². The van der Waals surface area contributed by atoms with Crippen molar-refractivity contribution in [3.63, 3.8) is 0 Å². The number of benzene rings is 2. The highest BCUT2D eigenvalue weighted by Crippen LogP contribution is 2.27. The van der Waals surface area contributed by atoms with Crippen LogP contribution in [0, 0.1) is 10.1 Å². The van der Waals surface area contributed by atoms with Crippen LogP contribution in [0.5, 0.6) is 5.75 Å². The van der Waals surface area contributed by atoms with E-state index < -0.39 is 4.92 Å². The summed E-state index contributed by atoms with van der Waals surface area (Å²) in [6, 6.07) is 12.2. The molecule has 0 fully saturated rings. The van der Waals surface area contributed by atoms with E-state index in [1.54, 1.807) is 12.1 Å². The van der Waals surface area contributed by atoms with Gasteiger partial charge in [0.15, 0.2) is 0 Å². The van der Waals surface area contributed by atoms with E-state index in [0.717, 1.165) is 22.0 Å². The summed E-state index contributed by atoms with van der Waals surface area (Å²) in [7, 11) is 0. The Morgan fingerprint density at radius 3 is 2.67 bits per heavy atom. The predicted molar refractivity (Wildman–Crippen MR) is 84.3 cm³/mol. The molecule has 0 heterocycles. The summed E-state index contributed by atoms with van der Waals surface area (Å²) in [6.45, 7) is 0.872. The largest absolute Gasteiger partial charge is 0.488 e. The Kier molecular flexibility index (Phi) is 5.30. The molecule has 0 aliphatic heterocycles. The van der Waals surface area contributed by atoms with Crippen molar-refractivity contribution >= 4 is 21.6 Å². The molecule has 2 aromatic carbocycles. The molecule has 110 valence electrons. The van der Waals surface area contributed by atoms with E-state index in [4.69, 9.17) is 10.5 Å². The van der Waals surface area contributed by atoms with Crippen LogP contribution in [0.4, 0.5) is 5.69 Å². The highest BCUT2D eigenvalue weighted by Gasteiger charge is 2.07. The molecule has 0 saturated carbocycles. The van der Waals surface area contributed by atoms with Crippen molar-refractivity contribution in [3.8, 4) is 5.75 Å². The molecular weight excluding hydrogens is 336 g/mol. The fourth-order valence-electron chi connectivity index (χ4n) is 1.90. The van der Waals surface area contributed by atoms with Crippen molar-refractivity contribution in [1.82, 2.24) is 0 Å². The zero-order valence-electron chi connectivity index (χ0n) is 11.3. The predicted octanol–water partition coefficient (Wildman–Crippen LogP) is 3.44. The number of ether oxygens (including phenoxy) is 1. The fraction of sp³-hybridized carbons (Fsp3) is 0.200. The SMILES string of the molecule is NCCc1ccc(OCc2cccc([N+](=O)[O-])c2)c(Br)c1. The highest BCUT2D eigenvalue weighted by atomic mass is 79.9. The van der Waals surface area contributed by atoms with Gasteiger partial charge < -0.3 is 10.5 Å². The highest BCUT2D eigenvalue weighted by molar-refractivity contribution is 9.10. The molecule has 5 nitrogen and oxygen atoms in total. The quantitative estimate of drug-likeness (QED) is 0.639. The van der Waals surface area contributed by atoms with Crippen LogP contribution in [0.15, 0.2) is 46.9 Å². The van der Waals surface area contributed by atoms with E-state index in [2.05, 4.69) is 15.9 Å². The first-order valence-electron chi connectivity index (χ1n) is 6.45. The lowest BCUT2D eigenvalue weighted by Gasteiger charge is -2.09. The van der Waals surface area contributed by atoms with Gasteiger partial charge in [-0.1, -0.05) is 18.2 Å². The number of halogens is 1. The van der Waals surface area contributed by atoms with Crippen molar-refractivity contribution in [2.75, 3.05) is 6.54 Å². The van der Waals surface area contributed by atoms with Gasteiger partial charge in [-0.15, -0.1) is 0 Å². The summed E-state index contributed by atoms with van der Waals surface area (Å²) in [6.07, 6.45) is 0.809. The molecule has 0 saturated heterocycles. The van der Waals surface area contributed by atoms with Crippen LogP contribution in [0.2, 0.25) is 0 Å². The number of nitro benzene ring substituents is 1. The lowest BCUT2D eigenvalue weighted by molar-refractivity contribution is -0.384. The maximum atomic E-state index is 10.7. The van der Waals surface area contributed by atoms with Gasteiger partial charge in [0.25, 0.3) is 5.69 Å². The first kappa shape index (κ1) is 15.5. The molecule has 0 aliphatic rings. The van der Waals surface area contributed by atoms with Crippen LogP contribution in [0.1, 0.15) is 11.1 Å². The van der Waals surface area contributed by atoms with Gasteiger partial charge in [0, 0.05) is 12.1 Å². The van der Waals surface area contributed by atoms with Crippen LogP contribution in [0.25, 0.3) is 0 Å². The van der Waals surface area contributed by atoms with E-state index in [9.17, 15) is 10.1 Å². The zero-order valence-corrected chi connectivity index (χ0v) is 12.9. The lowest BCUT2D eigenvalue weighted by atomic mass is 10.1. The topological polar surface area (TPSA) is 78.4 Å². The molecule has 2 rings (SSSR count). The van der Waals surface area contributed by atoms with Gasteiger partial charge in [0.05, 0.1) is 9.40 Å². The maximum absolute atomic E-state index is 10.7. The summed E-state index contributed by atoms with van der Waals surface area (Å²) in [4.78, 5) is 10.3.